The Bertz CT molecular complexity index is 506. The minimum absolute atomic E-state index is 0.0929. The van der Waals surface area contributed by atoms with E-state index in [1.165, 1.54) is 10.4 Å². The van der Waals surface area contributed by atoms with Gasteiger partial charge in [-0.3, -0.25) is 0 Å². The predicted molar refractivity (Wildman–Crippen MR) is 64.9 cm³/mol. The quantitative estimate of drug-likeness (QED) is 0.895. The molecule has 0 radical (unpaired) electrons. The molecular weight excluding hydrogens is 310 g/mol. The summed E-state index contributed by atoms with van der Waals surface area (Å²) in [5.41, 5.74) is 0. The lowest BCUT2D eigenvalue weighted by molar-refractivity contribution is 0.245. The molecule has 1 heterocycles. The molecule has 1 aromatic rings. The summed E-state index contributed by atoms with van der Waals surface area (Å²) in [7, 11) is -3.53. The van der Waals surface area contributed by atoms with Gasteiger partial charge >= 0.3 is 0 Å². The van der Waals surface area contributed by atoms with E-state index in [1.807, 2.05) is 6.92 Å². The van der Waals surface area contributed by atoms with E-state index in [2.05, 4.69) is 15.9 Å². The highest BCUT2D eigenvalue weighted by Gasteiger charge is 2.38. The summed E-state index contributed by atoms with van der Waals surface area (Å²) in [6, 6.07) is 1.48. The summed E-state index contributed by atoms with van der Waals surface area (Å²) in [5.74, 6) is 0.238. The fourth-order valence-corrected chi connectivity index (χ4v) is 4.42. The molecule has 0 spiro atoms. The van der Waals surface area contributed by atoms with Gasteiger partial charge in [0, 0.05) is 18.7 Å². The van der Waals surface area contributed by atoms with Gasteiger partial charge in [0.25, 0.3) is 0 Å². The van der Waals surface area contributed by atoms with Crippen molar-refractivity contribution in [3.05, 3.63) is 16.5 Å². The van der Waals surface area contributed by atoms with Gasteiger partial charge in [-0.05, 0) is 28.8 Å². The number of halogens is 1. The molecule has 1 N–H and O–H groups in total. The maximum absolute atomic E-state index is 12.3. The molecule has 0 unspecified atom stereocenters. The summed E-state index contributed by atoms with van der Waals surface area (Å²) < 4.78 is 31.4. The Hall–Kier alpha value is -0.370. The normalized spacial score (nSPS) is 16.7. The van der Waals surface area contributed by atoms with Crippen molar-refractivity contribution in [2.24, 2.45) is 0 Å². The number of sulfonamides is 1. The molecule has 1 aliphatic carbocycles. The maximum Gasteiger partial charge on any atom is 0.247 e. The summed E-state index contributed by atoms with van der Waals surface area (Å²) in [6.45, 7) is 1.94. The van der Waals surface area contributed by atoms with E-state index in [0.717, 1.165) is 12.8 Å². The van der Waals surface area contributed by atoms with Crippen molar-refractivity contribution in [3.63, 3.8) is 0 Å². The first-order valence-corrected chi connectivity index (χ1v) is 7.65. The summed E-state index contributed by atoms with van der Waals surface area (Å²) in [5, 5.41) is 8.94. The second kappa shape index (κ2) is 4.72. The van der Waals surface area contributed by atoms with Crippen molar-refractivity contribution in [1.82, 2.24) is 4.31 Å². The highest BCUT2D eigenvalue weighted by Crippen LogP contribution is 2.35. The van der Waals surface area contributed by atoms with Gasteiger partial charge in [-0.2, -0.15) is 4.31 Å². The van der Waals surface area contributed by atoms with E-state index in [9.17, 15) is 8.42 Å². The zero-order valence-electron chi connectivity index (χ0n) is 9.39. The molecule has 1 aromatic heterocycles. The summed E-state index contributed by atoms with van der Waals surface area (Å²) in [6.07, 6.45) is 1.82. The largest absolute Gasteiger partial charge is 0.450 e. The summed E-state index contributed by atoms with van der Waals surface area (Å²) >= 11 is 3.08. The molecule has 5 nitrogen and oxygen atoms in total. The zero-order valence-corrected chi connectivity index (χ0v) is 11.8. The molecule has 0 saturated heterocycles. The van der Waals surface area contributed by atoms with Crippen LogP contribution in [0.15, 0.2) is 20.0 Å². The standard InChI is InChI=1S/C10H14BrNO4S/c1-2-12(7-3-4-7)17(14,15)9-5-8(6-13)16-10(9)11/h5,7,13H,2-4,6H2,1H3. The lowest BCUT2D eigenvalue weighted by atomic mass is 10.5. The third-order valence-corrected chi connectivity index (χ3v) is 5.60. The Morgan fingerprint density at radius 2 is 2.24 bits per heavy atom. The molecule has 1 fully saturated rings. The number of nitrogens with zero attached hydrogens (tertiary/aromatic N) is 1. The van der Waals surface area contributed by atoms with Crippen LogP contribution in [0, 0.1) is 0 Å². The molecule has 17 heavy (non-hydrogen) atoms. The van der Waals surface area contributed by atoms with Gasteiger partial charge in [0.2, 0.25) is 10.0 Å². The number of furan rings is 1. The van der Waals surface area contributed by atoms with Gasteiger partial charge in [0.1, 0.15) is 17.3 Å². The van der Waals surface area contributed by atoms with Gasteiger partial charge < -0.3 is 9.52 Å². The van der Waals surface area contributed by atoms with E-state index in [-0.39, 0.29) is 28.0 Å². The Morgan fingerprint density at radius 3 is 2.65 bits per heavy atom. The van der Waals surface area contributed by atoms with Crippen molar-refractivity contribution < 1.29 is 17.9 Å². The van der Waals surface area contributed by atoms with Crippen LogP contribution in [0.25, 0.3) is 0 Å². The van der Waals surface area contributed by atoms with E-state index < -0.39 is 10.0 Å². The minimum Gasteiger partial charge on any atom is -0.450 e. The second-order valence-electron chi connectivity index (χ2n) is 3.95. The average molecular weight is 324 g/mol. The van der Waals surface area contributed by atoms with Gasteiger partial charge in [-0.1, -0.05) is 6.92 Å². The predicted octanol–water partition coefficient (Wildman–Crippen LogP) is 1.71. The van der Waals surface area contributed by atoms with Crippen LogP contribution in [-0.4, -0.2) is 30.4 Å². The van der Waals surface area contributed by atoms with Crippen LogP contribution in [0.2, 0.25) is 0 Å². The topological polar surface area (TPSA) is 70.8 Å². The molecule has 0 aromatic carbocycles. The molecule has 0 bridgehead atoms. The van der Waals surface area contributed by atoms with Crippen LogP contribution < -0.4 is 0 Å². The van der Waals surface area contributed by atoms with Crippen molar-refractivity contribution in [3.8, 4) is 0 Å². The van der Waals surface area contributed by atoms with Gasteiger partial charge in [-0.15, -0.1) is 0 Å². The highest BCUT2D eigenvalue weighted by molar-refractivity contribution is 9.10. The number of aliphatic hydroxyl groups excluding tert-OH is 1. The molecule has 96 valence electrons. The van der Waals surface area contributed by atoms with Gasteiger partial charge in [0.15, 0.2) is 4.67 Å². The lowest BCUT2D eigenvalue weighted by Gasteiger charge is -2.18. The summed E-state index contributed by atoms with van der Waals surface area (Å²) in [4.78, 5) is 0.0929. The first-order valence-electron chi connectivity index (χ1n) is 5.41. The molecule has 0 amide bonds. The number of rotatable bonds is 5. The first kappa shape index (κ1) is 13.1. The van der Waals surface area contributed by atoms with Crippen molar-refractivity contribution in [1.29, 1.82) is 0 Å². The second-order valence-corrected chi connectivity index (χ2v) is 6.53. The zero-order chi connectivity index (χ0) is 12.6. The third kappa shape index (κ3) is 2.42. The molecule has 1 saturated carbocycles. The first-order chi connectivity index (χ1) is 8.00. The van der Waals surface area contributed by atoms with Gasteiger partial charge in [-0.25, -0.2) is 8.42 Å². The molecular formula is C10H14BrNO4S. The van der Waals surface area contributed by atoms with Crippen LogP contribution in [0.3, 0.4) is 0 Å². The fraction of sp³-hybridized carbons (Fsp3) is 0.600. The molecule has 0 atom stereocenters. The van der Waals surface area contributed by atoms with E-state index in [1.54, 1.807) is 0 Å². The minimum atomic E-state index is -3.53. The van der Waals surface area contributed by atoms with Crippen molar-refractivity contribution >= 4 is 26.0 Å². The fourth-order valence-electron chi connectivity index (χ4n) is 1.76. The van der Waals surface area contributed by atoms with Gasteiger partial charge in [0.05, 0.1) is 0 Å². The van der Waals surface area contributed by atoms with Crippen LogP contribution in [0.1, 0.15) is 25.5 Å². The van der Waals surface area contributed by atoms with E-state index in [0.29, 0.717) is 6.54 Å². The monoisotopic (exact) mass is 323 g/mol. The van der Waals surface area contributed by atoms with E-state index >= 15 is 0 Å². The van der Waals surface area contributed by atoms with Crippen molar-refractivity contribution in [2.75, 3.05) is 6.54 Å². The number of hydrogen-bond acceptors (Lipinski definition) is 4. The average Bonchev–Trinajstić information content (AvgIpc) is 3.01. The number of hydrogen-bond donors (Lipinski definition) is 1. The Morgan fingerprint density at radius 1 is 1.59 bits per heavy atom. The molecule has 1 aliphatic rings. The van der Waals surface area contributed by atoms with Crippen LogP contribution in [-0.2, 0) is 16.6 Å². The van der Waals surface area contributed by atoms with E-state index in [4.69, 9.17) is 9.52 Å². The smallest absolute Gasteiger partial charge is 0.247 e. The van der Waals surface area contributed by atoms with Crippen molar-refractivity contribution in [2.45, 2.75) is 37.3 Å². The third-order valence-electron chi connectivity index (χ3n) is 2.71. The highest BCUT2D eigenvalue weighted by atomic mass is 79.9. The Kier molecular flexibility index (Phi) is 3.63. The van der Waals surface area contributed by atoms with Crippen LogP contribution >= 0.6 is 15.9 Å². The molecule has 0 aliphatic heterocycles. The van der Waals surface area contributed by atoms with Crippen LogP contribution in [0.4, 0.5) is 0 Å². The molecule has 2 rings (SSSR count). The maximum atomic E-state index is 12.3. The Balaban J connectivity index is 2.39. The molecule has 7 heteroatoms. The number of aliphatic hydroxyl groups is 1. The lowest BCUT2D eigenvalue weighted by Crippen LogP contribution is -2.32. The Labute approximate surface area is 109 Å². The van der Waals surface area contributed by atoms with Crippen LogP contribution in [0.5, 0.6) is 0 Å². The SMILES string of the molecule is CCN(C1CC1)S(=O)(=O)c1cc(CO)oc1Br.